The first-order valence-electron chi connectivity index (χ1n) is 6.00. The van der Waals surface area contributed by atoms with E-state index >= 15 is 0 Å². The van der Waals surface area contributed by atoms with E-state index in [2.05, 4.69) is 4.98 Å². The van der Waals surface area contributed by atoms with Gasteiger partial charge in [-0.1, -0.05) is 30.3 Å². The van der Waals surface area contributed by atoms with E-state index in [9.17, 15) is 4.39 Å². The highest BCUT2D eigenvalue weighted by molar-refractivity contribution is 5.81. The molecule has 0 spiro atoms. The highest BCUT2D eigenvalue weighted by Crippen LogP contribution is 2.27. The Morgan fingerprint density at radius 2 is 1.80 bits per heavy atom. The number of ether oxygens (including phenoxy) is 1. The van der Waals surface area contributed by atoms with Crippen LogP contribution >= 0.6 is 0 Å². The third kappa shape index (κ3) is 2.17. The van der Waals surface area contributed by atoms with Gasteiger partial charge in [0.05, 0.1) is 5.52 Å². The molecule has 0 radical (unpaired) electrons. The van der Waals surface area contributed by atoms with Crippen molar-refractivity contribution in [3.05, 3.63) is 66.0 Å². The molecule has 0 saturated carbocycles. The third-order valence-corrected chi connectivity index (χ3v) is 2.85. The Bertz CT molecular complexity index is 824. The number of benzene rings is 2. The quantitative estimate of drug-likeness (QED) is 0.701. The van der Waals surface area contributed by atoms with Crippen LogP contribution in [0, 0.1) is 17.1 Å². The predicted molar refractivity (Wildman–Crippen MR) is 72.9 cm³/mol. The molecule has 0 N–H and O–H groups in total. The smallest absolute Gasteiger partial charge is 0.238 e. The number of aromatic nitrogens is 1. The zero-order chi connectivity index (χ0) is 13.9. The lowest BCUT2D eigenvalue weighted by Gasteiger charge is -2.08. The maximum absolute atomic E-state index is 13.6. The molecule has 0 aliphatic carbocycles. The highest BCUT2D eigenvalue weighted by Gasteiger charge is 2.11. The zero-order valence-corrected chi connectivity index (χ0v) is 10.4. The SMILES string of the molecule is N#Cc1cc2ccccc2nc1Oc1ccccc1F. The third-order valence-electron chi connectivity index (χ3n) is 2.85. The first-order chi connectivity index (χ1) is 9.78. The molecular formula is C16H9FN2O. The molecule has 2 aromatic carbocycles. The van der Waals surface area contributed by atoms with E-state index in [1.165, 1.54) is 12.1 Å². The van der Waals surface area contributed by atoms with E-state index in [0.717, 1.165) is 5.39 Å². The van der Waals surface area contributed by atoms with Gasteiger partial charge in [-0.2, -0.15) is 5.26 Å². The number of pyridine rings is 1. The maximum Gasteiger partial charge on any atom is 0.238 e. The van der Waals surface area contributed by atoms with Gasteiger partial charge in [-0.3, -0.25) is 0 Å². The van der Waals surface area contributed by atoms with Gasteiger partial charge in [0.2, 0.25) is 5.88 Å². The summed E-state index contributed by atoms with van der Waals surface area (Å²) in [4.78, 5) is 4.27. The van der Waals surface area contributed by atoms with Gasteiger partial charge in [-0.25, -0.2) is 9.37 Å². The highest BCUT2D eigenvalue weighted by atomic mass is 19.1. The molecule has 0 bridgehead atoms. The molecule has 1 heterocycles. The number of rotatable bonds is 2. The number of nitriles is 1. The Balaban J connectivity index is 2.11. The van der Waals surface area contributed by atoms with Gasteiger partial charge in [-0.05, 0) is 24.3 Å². The number of hydrogen-bond donors (Lipinski definition) is 0. The van der Waals surface area contributed by atoms with Crippen LogP contribution in [0.5, 0.6) is 11.6 Å². The van der Waals surface area contributed by atoms with Gasteiger partial charge in [-0.15, -0.1) is 0 Å². The first-order valence-corrected chi connectivity index (χ1v) is 6.00. The Hall–Kier alpha value is -2.93. The van der Waals surface area contributed by atoms with Crippen LogP contribution in [-0.2, 0) is 0 Å². The van der Waals surface area contributed by atoms with E-state index in [0.29, 0.717) is 5.52 Å². The molecule has 0 aliphatic heterocycles. The van der Waals surface area contributed by atoms with Crippen LogP contribution in [0.4, 0.5) is 4.39 Å². The van der Waals surface area contributed by atoms with Gasteiger partial charge in [0.15, 0.2) is 11.6 Å². The summed E-state index contributed by atoms with van der Waals surface area (Å²) in [6.07, 6.45) is 0. The van der Waals surface area contributed by atoms with Crippen molar-refractivity contribution in [3.8, 4) is 17.7 Å². The molecular weight excluding hydrogens is 255 g/mol. The average Bonchev–Trinajstić information content (AvgIpc) is 2.49. The number of hydrogen-bond acceptors (Lipinski definition) is 3. The molecule has 0 saturated heterocycles. The van der Waals surface area contributed by atoms with E-state index < -0.39 is 5.82 Å². The molecule has 96 valence electrons. The maximum atomic E-state index is 13.6. The second-order valence-corrected chi connectivity index (χ2v) is 4.18. The fourth-order valence-electron chi connectivity index (χ4n) is 1.89. The summed E-state index contributed by atoms with van der Waals surface area (Å²) in [5, 5.41) is 10.00. The fraction of sp³-hybridized carbons (Fsp3) is 0. The number of fused-ring (bicyclic) bond motifs is 1. The molecule has 0 atom stereocenters. The van der Waals surface area contributed by atoms with Gasteiger partial charge in [0.25, 0.3) is 0 Å². The molecule has 20 heavy (non-hydrogen) atoms. The van der Waals surface area contributed by atoms with Gasteiger partial charge in [0.1, 0.15) is 11.6 Å². The molecule has 3 aromatic rings. The molecule has 0 unspecified atom stereocenters. The molecule has 3 rings (SSSR count). The van der Waals surface area contributed by atoms with Crippen LogP contribution in [0.1, 0.15) is 5.56 Å². The topological polar surface area (TPSA) is 45.9 Å². The van der Waals surface area contributed by atoms with Crippen LogP contribution in [-0.4, -0.2) is 4.98 Å². The van der Waals surface area contributed by atoms with E-state index in [4.69, 9.17) is 10.00 Å². The van der Waals surface area contributed by atoms with Gasteiger partial charge < -0.3 is 4.74 Å². The van der Waals surface area contributed by atoms with Crippen molar-refractivity contribution < 1.29 is 9.13 Å². The lowest BCUT2D eigenvalue weighted by molar-refractivity contribution is 0.428. The van der Waals surface area contributed by atoms with Crippen LogP contribution in [0.3, 0.4) is 0 Å². The van der Waals surface area contributed by atoms with Crippen LogP contribution < -0.4 is 4.74 Å². The summed E-state index contributed by atoms with van der Waals surface area (Å²) in [5.41, 5.74) is 0.963. The summed E-state index contributed by atoms with van der Waals surface area (Å²) >= 11 is 0. The van der Waals surface area contributed by atoms with Crippen molar-refractivity contribution in [1.82, 2.24) is 4.98 Å². The summed E-state index contributed by atoms with van der Waals surface area (Å²) in [7, 11) is 0. The molecule has 4 heteroatoms. The lowest BCUT2D eigenvalue weighted by Crippen LogP contribution is -1.94. The zero-order valence-electron chi connectivity index (χ0n) is 10.4. The Morgan fingerprint density at radius 3 is 2.60 bits per heavy atom. The van der Waals surface area contributed by atoms with Crippen molar-refractivity contribution in [1.29, 1.82) is 5.26 Å². The normalized spacial score (nSPS) is 10.2. The van der Waals surface area contributed by atoms with E-state index in [1.807, 2.05) is 30.3 Å². The van der Waals surface area contributed by atoms with Crippen molar-refractivity contribution in [2.24, 2.45) is 0 Å². The molecule has 0 aliphatic rings. The summed E-state index contributed by atoms with van der Waals surface area (Å²) < 4.78 is 19.0. The van der Waals surface area contributed by atoms with Gasteiger partial charge >= 0.3 is 0 Å². The van der Waals surface area contributed by atoms with Crippen molar-refractivity contribution in [2.45, 2.75) is 0 Å². The Kier molecular flexibility index (Phi) is 3.02. The molecule has 1 aromatic heterocycles. The minimum absolute atomic E-state index is 0.0479. The Labute approximate surface area is 114 Å². The summed E-state index contributed by atoms with van der Waals surface area (Å²) in [5.74, 6) is -0.338. The van der Waals surface area contributed by atoms with Crippen molar-refractivity contribution in [2.75, 3.05) is 0 Å². The van der Waals surface area contributed by atoms with Gasteiger partial charge in [0, 0.05) is 5.39 Å². The van der Waals surface area contributed by atoms with E-state index in [-0.39, 0.29) is 17.2 Å². The van der Waals surface area contributed by atoms with Crippen molar-refractivity contribution in [3.63, 3.8) is 0 Å². The molecule has 0 fully saturated rings. The minimum atomic E-state index is -0.494. The number of para-hydroxylation sites is 2. The standard InChI is InChI=1S/C16H9FN2O/c17-13-6-2-4-8-15(13)20-16-12(10-18)9-11-5-1-3-7-14(11)19-16/h1-9H. The van der Waals surface area contributed by atoms with Crippen LogP contribution in [0.25, 0.3) is 10.9 Å². The van der Waals surface area contributed by atoms with Crippen LogP contribution in [0.15, 0.2) is 54.6 Å². The second-order valence-electron chi connectivity index (χ2n) is 4.18. The summed E-state index contributed by atoms with van der Waals surface area (Å²) in [6, 6.07) is 17.1. The number of halogens is 1. The number of nitrogens with zero attached hydrogens (tertiary/aromatic N) is 2. The van der Waals surface area contributed by atoms with E-state index in [1.54, 1.807) is 18.2 Å². The van der Waals surface area contributed by atoms with Crippen LogP contribution in [0.2, 0.25) is 0 Å². The lowest BCUT2D eigenvalue weighted by atomic mass is 10.1. The fourth-order valence-corrected chi connectivity index (χ4v) is 1.89. The monoisotopic (exact) mass is 264 g/mol. The largest absolute Gasteiger partial charge is 0.435 e. The predicted octanol–water partition coefficient (Wildman–Crippen LogP) is 4.04. The first kappa shape index (κ1) is 12.1. The second kappa shape index (κ2) is 4.98. The Morgan fingerprint density at radius 1 is 1.05 bits per heavy atom. The average molecular weight is 264 g/mol. The van der Waals surface area contributed by atoms with Crippen molar-refractivity contribution >= 4 is 10.9 Å². The summed E-state index contributed by atoms with van der Waals surface area (Å²) in [6.45, 7) is 0. The molecule has 0 amide bonds. The minimum Gasteiger partial charge on any atom is -0.435 e. The molecule has 3 nitrogen and oxygen atoms in total.